The fourth-order valence-electron chi connectivity index (χ4n) is 1.14. The highest BCUT2D eigenvalue weighted by atomic mass is 35.5. The summed E-state index contributed by atoms with van der Waals surface area (Å²) < 4.78 is 5.06. The van der Waals surface area contributed by atoms with E-state index in [1.165, 1.54) is 0 Å². The minimum absolute atomic E-state index is 0. The van der Waals surface area contributed by atoms with Crippen LogP contribution in [0.3, 0.4) is 0 Å². The van der Waals surface area contributed by atoms with E-state index in [-0.39, 0.29) is 24.8 Å². The number of Topliss-reactive ketones (excluding diaryl/α,β-unsaturated/α-hetero) is 1. The first-order valence-corrected chi connectivity index (χ1v) is 2.96. The molecule has 2 rings (SSSR count). The first-order chi connectivity index (χ1) is 4.38. The molecule has 2 aliphatic heterocycles. The van der Waals surface area contributed by atoms with Gasteiger partial charge in [-0.25, -0.2) is 0 Å². The van der Waals surface area contributed by atoms with Crippen molar-refractivity contribution in [3.05, 3.63) is 11.3 Å². The normalized spacial score (nSPS) is 22.2. The van der Waals surface area contributed by atoms with Gasteiger partial charge in [0.1, 0.15) is 5.76 Å². The Morgan fingerprint density at radius 2 is 2.20 bits per heavy atom. The van der Waals surface area contributed by atoms with Gasteiger partial charge >= 0.3 is 0 Å². The van der Waals surface area contributed by atoms with Gasteiger partial charge in [-0.05, 0) is 0 Å². The molecule has 0 saturated heterocycles. The zero-order valence-electron chi connectivity index (χ0n) is 5.35. The van der Waals surface area contributed by atoms with Crippen molar-refractivity contribution in [3.63, 3.8) is 0 Å². The van der Waals surface area contributed by atoms with Crippen LogP contribution in [0.1, 0.15) is 0 Å². The molecule has 0 unspecified atom stereocenters. The summed E-state index contributed by atoms with van der Waals surface area (Å²) in [7, 11) is 0. The van der Waals surface area contributed by atoms with Crippen LogP contribution in [0.5, 0.6) is 0 Å². The van der Waals surface area contributed by atoms with Gasteiger partial charge in [-0.1, -0.05) is 0 Å². The average molecular weight is 162 g/mol. The SMILES string of the molecule is Cl.O=C1COC2=C1CNC2. The van der Waals surface area contributed by atoms with Crippen LogP contribution in [0.2, 0.25) is 0 Å². The Hall–Kier alpha value is -0.540. The first kappa shape index (κ1) is 7.57. The number of carbonyl (C=O) groups excluding carboxylic acids is 1. The highest BCUT2D eigenvalue weighted by Gasteiger charge is 2.27. The maximum atomic E-state index is 10.8. The lowest BCUT2D eigenvalue weighted by Crippen LogP contribution is -2.16. The number of halogens is 1. The predicted octanol–water partition coefficient (Wildman–Crippen LogP) is -0.135. The van der Waals surface area contributed by atoms with Gasteiger partial charge in [0.2, 0.25) is 5.78 Å². The topological polar surface area (TPSA) is 38.3 Å². The van der Waals surface area contributed by atoms with Gasteiger partial charge in [0.25, 0.3) is 0 Å². The lowest BCUT2D eigenvalue weighted by molar-refractivity contribution is -0.116. The van der Waals surface area contributed by atoms with Gasteiger partial charge < -0.3 is 10.1 Å². The van der Waals surface area contributed by atoms with Crippen LogP contribution >= 0.6 is 12.4 Å². The Morgan fingerprint density at radius 1 is 1.40 bits per heavy atom. The molecule has 0 aromatic heterocycles. The fourth-order valence-corrected chi connectivity index (χ4v) is 1.14. The molecule has 0 saturated carbocycles. The Bertz CT molecular complexity index is 200. The van der Waals surface area contributed by atoms with E-state index in [1.54, 1.807) is 0 Å². The maximum Gasteiger partial charge on any atom is 0.200 e. The molecule has 10 heavy (non-hydrogen) atoms. The van der Waals surface area contributed by atoms with Gasteiger partial charge in [0.05, 0.1) is 12.1 Å². The zero-order chi connectivity index (χ0) is 6.27. The van der Waals surface area contributed by atoms with E-state index >= 15 is 0 Å². The molecule has 4 heteroatoms. The summed E-state index contributed by atoms with van der Waals surface area (Å²) in [5, 5.41) is 3.03. The second-order valence-corrected chi connectivity index (χ2v) is 2.22. The molecule has 0 spiro atoms. The van der Waals surface area contributed by atoms with Crippen molar-refractivity contribution >= 4 is 18.2 Å². The Morgan fingerprint density at radius 3 is 2.90 bits per heavy atom. The van der Waals surface area contributed by atoms with Gasteiger partial charge in [-0.3, -0.25) is 4.79 Å². The molecular formula is C6H8ClNO2. The molecule has 2 heterocycles. The highest BCUT2D eigenvalue weighted by molar-refractivity contribution is 5.99. The van der Waals surface area contributed by atoms with Crippen molar-refractivity contribution in [2.24, 2.45) is 0 Å². The molecule has 0 aromatic carbocycles. The quantitative estimate of drug-likeness (QED) is 0.538. The maximum absolute atomic E-state index is 10.8. The monoisotopic (exact) mass is 161 g/mol. The van der Waals surface area contributed by atoms with E-state index in [9.17, 15) is 4.79 Å². The van der Waals surface area contributed by atoms with Crippen molar-refractivity contribution in [3.8, 4) is 0 Å². The molecule has 0 bridgehead atoms. The van der Waals surface area contributed by atoms with Crippen LogP contribution in [0, 0.1) is 0 Å². The van der Waals surface area contributed by atoms with Crippen LogP contribution in [0.15, 0.2) is 11.3 Å². The van der Waals surface area contributed by atoms with E-state index in [2.05, 4.69) is 5.32 Å². The van der Waals surface area contributed by atoms with Crippen molar-refractivity contribution in [2.45, 2.75) is 0 Å². The van der Waals surface area contributed by atoms with E-state index in [0.717, 1.165) is 17.9 Å². The molecule has 0 amide bonds. The molecule has 0 aromatic rings. The molecule has 0 atom stereocenters. The minimum Gasteiger partial charge on any atom is -0.488 e. The van der Waals surface area contributed by atoms with Crippen LogP contribution in [0.25, 0.3) is 0 Å². The number of hydrogen-bond donors (Lipinski definition) is 1. The van der Waals surface area contributed by atoms with E-state index in [1.807, 2.05) is 0 Å². The van der Waals surface area contributed by atoms with Gasteiger partial charge in [0.15, 0.2) is 6.61 Å². The summed E-state index contributed by atoms with van der Waals surface area (Å²) in [6.07, 6.45) is 0. The lowest BCUT2D eigenvalue weighted by Gasteiger charge is -1.96. The molecule has 0 aliphatic carbocycles. The smallest absolute Gasteiger partial charge is 0.200 e. The zero-order valence-corrected chi connectivity index (χ0v) is 6.16. The number of ketones is 1. The third kappa shape index (κ3) is 0.914. The third-order valence-corrected chi connectivity index (χ3v) is 1.64. The summed E-state index contributed by atoms with van der Waals surface area (Å²) in [4.78, 5) is 10.8. The molecule has 0 fully saturated rings. The Kier molecular flexibility index (Phi) is 1.97. The van der Waals surface area contributed by atoms with Crippen LogP contribution < -0.4 is 5.32 Å². The highest BCUT2D eigenvalue weighted by Crippen LogP contribution is 2.18. The molecule has 3 nitrogen and oxygen atoms in total. The van der Waals surface area contributed by atoms with Crippen LogP contribution in [0.4, 0.5) is 0 Å². The second-order valence-electron chi connectivity index (χ2n) is 2.22. The summed E-state index contributed by atoms with van der Waals surface area (Å²) in [6.45, 7) is 1.71. The van der Waals surface area contributed by atoms with Crippen molar-refractivity contribution < 1.29 is 9.53 Å². The first-order valence-electron chi connectivity index (χ1n) is 2.96. The van der Waals surface area contributed by atoms with E-state index < -0.39 is 0 Å². The Balaban J connectivity index is 0.000000500. The molecule has 0 radical (unpaired) electrons. The number of carbonyl (C=O) groups is 1. The van der Waals surface area contributed by atoms with Crippen LogP contribution in [-0.2, 0) is 9.53 Å². The number of hydrogen-bond acceptors (Lipinski definition) is 3. The standard InChI is InChI=1S/C6H7NO2.ClH/c8-5-3-9-6-2-7-1-4(5)6;/h7H,1-3H2;1H. The molecule has 2 aliphatic rings. The molecular weight excluding hydrogens is 154 g/mol. The van der Waals surface area contributed by atoms with Gasteiger partial charge in [0, 0.05) is 6.54 Å². The fraction of sp³-hybridized carbons (Fsp3) is 0.500. The number of rotatable bonds is 0. The number of nitrogens with one attached hydrogen (secondary N) is 1. The number of ether oxygens (including phenoxy) is 1. The third-order valence-electron chi connectivity index (χ3n) is 1.64. The minimum atomic E-state index is 0. The predicted molar refractivity (Wildman–Crippen MR) is 38.1 cm³/mol. The molecule has 56 valence electrons. The summed E-state index contributed by atoms with van der Waals surface area (Å²) >= 11 is 0. The Labute approximate surface area is 64.8 Å². The van der Waals surface area contributed by atoms with Crippen molar-refractivity contribution in [1.29, 1.82) is 0 Å². The van der Waals surface area contributed by atoms with Gasteiger partial charge in [-0.15, -0.1) is 12.4 Å². The van der Waals surface area contributed by atoms with Crippen LogP contribution in [-0.4, -0.2) is 25.5 Å². The molecule has 1 N–H and O–H groups in total. The lowest BCUT2D eigenvalue weighted by atomic mass is 10.2. The summed E-state index contributed by atoms with van der Waals surface area (Å²) in [6, 6.07) is 0. The second kappa shape index (κ2) is 2.60. The van der Waals surface area contributed by atoms with Gasteiger partial charge in [-0.2, -0.15) is 0 Å². The van der Waals surface area contributed by atoms with Crippen molar-refractivity contribution in [1.82, 2.24) is 5.32 Å². The summed E-state index contributed by atoms with van der Waals surface area (Å²) in [5.74, 6) is 1.01. The van der Waals surface area contributed by atoms with E-state index in [0.29, 0.717) is 6.54 Å². The van der Waals surface area contributed by atoms with E-state index in [4.69, 9.17) is 4.74 Å². The van der Waals surface area contributed by atoms with Crippen molar-refractivity contribution in [2.75, 3.05) is 19.7 Å². The summed E-state index contributed by atoms with van der Waals surface area (Å²) in [5.41, 5.74) is 0.856. The largest absolute Gasteiger partial charge is 0.488 e. The average Bonchev–Trinajstić information content (AvgIpc) is 2.35.